The summed E-state index contributed by atoms with van der Waals surface area (Å²) >= 11 is 0. The van der Waals surface area contributed by atoms with Crippen molar-refractivity contribution in [3.05, 3.63) is 48.5 Å². The zero-order valence-corrected chi connectivity index (χ0v) is 22.2. The molecule has 2 rings (SSSR count). The SMILES string of the molecule is CCCCP(CCCC)c1ccc[c-]1P(CCCC)CCCC.[Co].[cH-]1[cH-][cH-][cH-][cH-]1. The summed E-state index contributed by atoms with van der Waals surface area (Å²) in [6, 6.07) is 17.4. The summed E-state index contributed by atoms with van der Waals surface area (Å²) in [7, 11) is 0.205. The Balaban J connectivity index is 0.00000113. The minimum absolute atomic E-state index is 0. The van der Waals surface area contributed by atoms with Gasteiger partial charge >= 0.3 is 0 Å². The van der Waals surface area contributed by atoms with Crippen LogP contribution in [0.5, 0.6) is 0 Å². The van der Waals surface area contributed by atoms with Crippen molar-refractivity contribution in [1.29, 1.82) is 0 Å². The van der Waals surface area contributed by atoms with Crippen LogP contribution in [-0.4, -0.2) is 24.6 Å². The number of unbranched alkanes of at least 4 members (excludes halogenated alkanes) is 4. The Morgan fingerprint density at radius 2 is 1.10 bits per heavy atom. The van der Waals surface area contributed by atoms with Crippen LogP contribution in [0.1, 0.15) is 79.1 Å². The Hall–Kier alpha value is 0.0665. The summed E-state index contributed by atoms with van der Waals surface area (Å²) < 4.78 is 0. The monoisotopic (exact) mass is 477 g/mol. The Kier molecular flexibility index (Phi) is 20.0. The van der Waals surface area contributed by atoms with Gasteiger partial charge in [-0.15, -0.1) is 26.5 Å². The van der Waals surface area contributed by atoms with Crippen LogP contribution >= 0.6 is 15.8 Å². The van der Waals surface area contributed by atoms with Crippen LogP contribution in [0.25, 0.3) is 0 Å². The Bertz CT molecular complexity index is 479. The van der Waals surface area contributed by atoms with Crippen molar-refractivity contribution in [1.82, 2.24) is 0 Å². The van der Waals surface area contributed by atoms with Gasteiger partial charge < -0.3 is 30.3 Å². The maximum absolute atomic E-state index is 2.50. The molecule has 0 spiro atoms. The second-order valence-corrected chi connectivity index (χ2v) is 12.6. The number of hydrogen-bond acceptors (Lipinski definition) is 0. The van der Waals surface area contributed by atoms with Crippen molar-refractivity contribution in [2.45, 2.75) is 79.1 Å². The van der Waals surface area contributed by atoms with Crippen LogP contribution in [0.3, 0.4) is 0 Å². The first kappa shape index (κ1) is 29.1. The molecule has 3 heteroatoms. The first-order valence-corrected chi connectivity index (χ1v) is 15.1. The molecule has 0 amide bonds. The third kappa shape index (κ3) is 12.5. The molecule has 0 aliphatic heterocycles. The Morgan fingerprint density at radius 3 is 1.52 bits per heavy atom. The quantitative estimate of drug-likeness (QED) is 0.190. The molecule has 0 N–H and O–H groups in total. The molecular weight excluding hydrogens is 433 g/mol. The van der Waals surface area contributed by atoms with E-state index in [2.05, 4.69) is 45.9 Å². The number of rotatable bonds is 14. The summed E-state index contributed by atoms with van der Waals surface area (Å²) in [6.07, 6.45) is 16.9. The van der Waals surface area contributed by atoms with Gasteiger partial charge in [-0.25, -0.2) is 12.1 Å². The van der Waals surface area contributed by atoms with Gasteiger partial charge in [0.25, 0.3) is 0 Å². The van der Waals surface area contributed by atoms with Gasteiger partial charge in [0.15, 0.2) is 0 Å². The molecule has 2 aromatic carbocycles. The average molecular weight is 478 g/mol. The molecule has 29 heavy (non-hydrogen) atoms. The summed E-state index contributed by atoms with van der Waals surface area (Å²) in [5.41, 5.74) is 0. The van der Waals surface area contributed by atoms with E-state index in [1.165, 1.54) is 76.0 Å². The largest absolute Gasteiger partial charge is 0.748 e. The zero-order valence-electron chi connectivity index (χ0n) is 19.3. The molecule has 0 heterocycles. The normalized spacial score (nSPS) is 10.7. The van der Waals surface area contributed by atoms with E-state index in [1.807, 2.05) is 30.3 Å². The van der Waals surface area contributed by atoms with Crippen LogP contribution in [0.15, 0.2) is 48.5 Å². The molecule has 173 valence electrons. The number of hydrogen-bond donors (Lipinski definition) is 0. The van der Waals surface area contributed by atoms with Crippen LogP contribution in [-0.2, 0) is 16.8 Å². The third-order valence-corrected chi connectivity index (χ3v) is 10.9. The van der Waals surface area contributed by atoms with Crippen LogP contribution in [0.2, 0.25) is 0 Å². The maximum atomic E-state index is 2.50. The molecule has 0 saturated heterocycles. The van der Waals surface area contributed by atoms with E-state index in [9.17, 15) is 0 Å². The third-order valence-electron chi connectivity index (χ3n) is 5.13. The minimum atomic E-state index is 0. The summed E-state index contributed by atoms with van der Waals surface area (Å²) in [5, 5.41) is 3.61. The minimum Gasteiger partial charge on any atom is -0.748 e. The van der Waals surface area contributed by atoms with E-state index in [-0.39, 0.29) is 32.6 Å². The van der Waals surface area contributed by atoms with Gasteiger partial charge in [0.05, 0.1) is 0 Å². The molecule has 0 bridgehead atoms. The van der Waals surface area contributed by atoms with Gasteiger partial charge in [0.1, 0.15) is 0 Å². The summed E-state index contributed by atoms with van der Waals surface area (Å²) in [6.45, 7) is 9.37. The zero-order chi connectivity index (χ0) is 20.5. The predicted molar refractivity (Wildman–Crippen MR) is 136 cm³/mol. The van der Waals surface area contributed by atoms with Gasteiger partial charge in [-0.05, 0) is 37.5 Å². The molecule has 0 atom stereocenters. The second-order valence-electron chi connectivity index (χ2n) is 7.65. The molecule has 2 aromatic rings. The van der Waals surface area contributed by atoms with E-state index in [0.29, 0.717) is 0 Å². The van der Waals surface area contributed by atoms with Crippen molar-refractivity contribution < 1.29 is 16.8 Å². The van der Waals surface area contributed by atoms with Gasteiger partial charge in [0, 0.05) is 16.8 Å². The maximum Gasteiger partial charge on any atom is 0 e. The fourth-order valence-electron chi connectivity index (χ4n) is 3.36. The van der Waals surface area contributed by atoms with E-state index in [0.717, 1.165) is 0 Å². The molecule has 0 aliphatic rings. The molecule has 0 aromatic heterocycles. The van der Waals surface area contributed by atoms with Crippen molar-refractivity contribution in [3.8, 4) is 0 Å². The van der Waals surface area contributed by atoms with Crippen molar-refractivity contribution in [3.63, 3.8) is 0 Å². The van der Waals surface area contributed by atoms with Gasteiger partial charge in [-0.3, -0.25) is 0 Å². The predicted octanol–water partition coefficient (Wildman–Crippen LogP) is 8.22. The Morgan fingerprint density at radius 1 is 0.690 bits per heavy atom. The van der Waals surface area contributed by atoms with Gasteiger partial charge in [-0.1, -0.05) is 66.2 Å². The Labute approximate surface area is 195 Å². The molecular formula is C26H44CoP2-6. The van der Waals surface area contributed by atoms with Crippen molar-refractivity contribution in [2.75, 3.05) is 24.6 Å². The summed E-state index contributed by atoms with van der Waals surface area (Å²) in [4.78, 5) is 0. The first-order chi connectivity index (χ1) is 13.8. The molecule has 0 nitrogen and oxygen atoms in total. The van der Waals surface area contributed by atoms with Gasteiger partial charge in [0.2, 0.25) is 0 Å². The molecule has 0 saturated carbocycles. The van der Waals surface area contributed by atoms with E-state index < -0.39 is 0 Å². The van der Waals surface area contributed by atoms with E-state index in [4.69, 9.17) is 0 Å². The standard InChI is InChI=1S/C21H39P2.C5H5.Co/c1-5-9-16-22(17-10-6-2)20-14-13-15-21(20)23(18-11-7-3)19-12-8-4;1-2-4-5-3-1;/h13-15H,5-12,16-19H2,1-4H3;1-5H;/q-1;-5;. The fraction of sp³-hybridized carbons (Fsp3) is 0.615. The van der Waals surface area contributed by atoms with Crippen LogP contribution < -0.4 is 10.6 Å². The van der Waals surface area contributed by atoms with E-state index >= 15 is 0 Å². The van der Waals surface area contributed by atoms with E-state index in [1.54, 1.807) is 10.6 Å². The molecule has 0 fully saturated rings. The second kappa shape index (κ2) is 20.0. The first-order valence-electron chi connectivity index (χ1n) is 11.7. The van der Waals surface area contributed by atoms with Crippen molar-refractivity contribution in [2.24, 2.45) is 0 Å². The average Bonchev–Trinajstić information content (AvgIpc) is 3.43. The van der Waals surface area contributed by atoms with Crippen LogP contribution in [0, 0.1) is 0 Å². The molecule has 0 unspecified atom stereocenters. The van der Waals surface area contributed by atoms with Crippen molar-refractivity contribution >= 4 is 26.5 Å². The van der Waals surface area contributed by atoms with Crippen LogP contribution in [0.4, 0.5) is 0 Å². The fourth-order valence-corrected chi connectivity index (χ4v) is 9.80. The molecule has 0 aliphatic carbocycles. The summed E-state index contributed by atoms with van der Waals surface area (Å²) in [5.74, 6) is 0. The molecule has 1 radical (unpaired) electrons. The smallest absolute Gasteiger partial charge is 0 e. The van der Waals surface area contributed by atoms with Gasteiger partial charge in [-0.2, -0.15) is 6.07 Å². The topological polar surface area (TPSA) is 0 Å².